The molecule has 0 atom stereocenters. The van der Waals surface area contributed by atoms with E-state index < -0.39 is 0 Å². The fraction of sp³-hybridized carbons (Fsp3) is 0.600. The van der Waals surface area contributed by atoms with Gasteiger partial charge in [0.1, 0.15) is 0 Å². The Morgan fingerprint density at radius 3 is 2.56 bits per heavy atom. The lowest BCUT2D eigenvalue weighted by atomic mass is 9.92. The zero-order valence-corrected chi connectivity index (χ0v) is 11.2. The zero-order chi connectivity index (χ0) is 12.1. The molecule has 1 fully saturated rings. The van der Waals surface area contributed by atoms with Gasteiger partial charge in [0.25, 0.3) is 0 Å². The summed E-state index contributed by atoms with van der Waals surface area (Å²) >= 11 is 0. The van der Waals surface area contributed by atoms with Crippen LogP contribution in [0.3, 0.4) is 0 Å². The Morgan fingerprint density at radius 2 is 2.06 bits per heavy atom. The second-order valence-corrected chi connectivity index (χ2v) is 4.85. The first-order chi connectivity index (χ1) is 7.61. The molecule has 1 aliphatic heterocycles. The van der Waals surface area contributed by atoms with E-state index in [0.717, 1.165) is 0 Å². The smallest absolute Gasteiger partial charge is 0.0355 e. The Labute approximate surface area is 101 Å². The van der Waals surface area contributed by atoms with Crippen molar-refractivity contribution < 1.29 is 0 Å². The van der Waals surface area contributed by atoms with Crippen molar-refractivity contribution in [2.24, 2.45) is 5.92 Å². The van der Waals surface area contributed by atoms with Gasteiger partial charge in [0.15, 0.2) is 0 Å². The topological polar surface area (TPSA) is 3.24 Å². The van der Waals surface area contributed by atoms with Crippen LogP contribution in [0.5, 0.6) is 0 Å². The molecule has 0 aromatic rings. The number of allylic oxidation sites excluding steroid dienone is 4. The van der Waals surface area contributed by atoms with E-state index in [1.54, 1.807) is 0 Å². The fourth-order valence-electron chi connectivity index (χ4n) is 2.52. The van der Waals surface area contributed by atoms with Crippen molar-refractivity contribution >= 4 is 0 Å². The molecular weight excluding hydrogens is 194 g/mol. The first-order valence-corrected chi connectivity index (χ1v) is 6.35. The minimum Gasteiger partial charge on any atom is -0.375 e. The van der Waals surface area contributed by atoms with E-state index in [-0.39, 0.29) is 0 Å². The van der Waals surface area contributed by atoms with Gasteiger partial charge in [0.2, 0.25) is 0 Å². The summed E-state index contributed by atoms with van der Waals surface area (Å²) in [4.78, 5) is 2.38. The van der Waals surface area contributed by atoms with Crippen LogP contribution in [0.4, 0.5) is 0 Å². The van der Waals surface area contributed by atoms with E-state index in [9.17, 15) is 0 Å². The molecule has 0 aromatic carbocycles. The first kappa shape index (κ1) is 13.1. The zero-order valence-electron chi connectivity index (χ0n) is 11.2. The summed E-state index contributed by atoms with van der Waals surface area (Å²) in [5, 5.41) is 0. The third-order valence-corrected chi connectivity index (χ3v) is 3.35. The van der Waals surface area contributed by atoms with Crippen LogP contribution in [0.25, 0.3) is 0 Å². The van der Waals surface area contributed by atoms with Crippen LogP contribution in [-0.4, -0.2) is 18.5 Å². The van der Waals surface area contributed by atoms with Gasteiger partial charge in [-0.1, -0.05) is 32.6 Å². The average molecular weight is 219 g/mol. The molecule has 0 radical (unpaired) electrons. The largest absolute Gasteiger partial charge is 0.375 e. The van der Waals surface area contributed by atoms with Crippen molar-refractivity contribution in [1.82, 2.24) is 4.90 Å². The molecule has 1 nitrogen and oxygen atoms in total. The van der Waals surface area contributed by atoms with Gasteiger partial charge in [-0.3, -0.25) is 0 Å². The number of likely N-dealkylation sites (tertiary alicyclic amines) is 1. The highest BCUT2D eigenvalue weighted by Crippen LogP contribution is 2.30. The molecule has 1 heterocycles. The number of hydrogen-bond acceptors (Lipinski definition) is 1. The van der Waals surface area contributed by atoms with Crippen LogP contribution in [-0.2, 0) is 0 Å². The van der Waals surface area contributed by atoms with Crippen LogP contribution in [0.15, 0.2) is 35.6 Å². The van der Waals surface area contributed by atoms with E-state index >= 15 is 0 Å². The molecule has 0 spiro atoms. The molecule has 1 aliphatic rings. The second-order valence-electron chi connectivity index (χ2n) is 4.85. The lowest BCUT2D eigenvalue weighted by Gasteiger charge is -2.24. The lowest BCUT2D eigenvalue weighted by Crippen LogP contribution is -2.19. The molecule has 0 unspecified atom stereocenters. The van der Waals surface area contributed by atoms with Crippen molar-refractivity contribution in [3.8, 4) is 0 Å². The van der Waals surface area contributed by atoms with Gasteiger partial charge in [-0.05, 0) is 43.3 Å². The Bertz CT molecular complexity index is 307. The van der Waals surface area contributed by atoms with Gasteiger partial charge in [-0.25, -0.2) is 0 Å². The Kier molecular flexibility index (Phi) is 4.85. The van der Waals surface area contributed by atoms with Crippen molar-refractivity contribution in [3.63, 3.8) is 0 Å². The molecular formula is C15H25N. The maximum absolute atomic E-state index is 3.98. The predicted octanol–water partition coefficient (Wildman–Crippen LogP) is 4.14. The molecule has 90 valence electrons. The average Bonchev–Trinajstić information content (AvgIpc) is 2.41. The lowest BCUT2D eigenvalue weighted by molar-refractivity contribution is 0.427. The molecule has 0 N–H and O–H groups in total. The van der Waals surface area contributed by atoms with E-state index in [4.69, 9.17) is 0 Å². The van der Waals surface area contributed by atoms with Gasteiger partial charge in [-0.15, -0.1) is 0 Å². The second kappa shape index (κ2) is 5.93. The molecule has 0 bridgehead atoms. The van der Waals surface area contributed by atoms with Gasteiger partial charge < -0.3 is 4.90 Å². The minimum atomic E-state index is 0.564. The first-order valence-electron chi connectivity index (χ1n) is 6.35. The summed E-state index contributed by atoms with van der Waals surface area (Å²) in [6.45, 7) is 11.8. The number of rotatable bonds is 2. The quantitative estimate of drug-likeness (QED) is 0.674. The maximum atomic E-state index is 3.98. The van der Waals surface area contributed by atoms with Crippen molar-refractivity contribution in [2.45, 2.75) is 40.0 Å². The van der Waals surface area contributed by atoms with Crippen molar-refractivity contribution in [2.75, 3.05) is 13.6 Å². The standard InChI is InChI=1S/C15H25N/c1-6-13(12(3)4)14-10-8-9-11-16(5)15(14)7-2/h6-7,12H,1,8-11H2,2-5H3/b14-13+,15-7+. The molecule has 0 saturated carbocycles. The summed E-state index contributed by atoms with van der Waals surface area (Å²) in [5.41, 5.74) is 4.33. The number of likely N-dealkylation sites (N-methyl/N-ethyl adjacent to an activating group) is 1. The summed E-state index contributed by atoms with van der Waals surface area (Å²) in [6.07, 6.45) is 8.07. The highest BCUT2D eigenvalue weighted by Gasteiger charge is 2.17. The summed E-state index contributed by atoms with van der Waals surface area (Å²) in [7, 11) is 2.20. The SMILES string of the molecule is C=C/C(=C1/CCCCN(C)/C1=C/C)C(C)C. The van der Waals surface area contributed by atoms with Gasteiger partial charge >= 0.3 is 0 Å². The Balaban J connectivity index is 3.20. The van der Waals surface area contributed by atoms with Crippen molar-refractivity contribution in [3.05, 3.63) is 35.6 Å². The number of hydrogen-bond donors (Lipinski definition) is 0. The molecule has 1 saturated heterocycles. The van der Waals surface area contributed by atoms with E-state index in [0.29, 0.717) is 5.92 Å². The van der Waals surface area contributed by atoms with Gasteiger partial charge in [0, 0.05) is 19.3 Å². The van der Waals surface area contributed by atoms with Crippen LogP contribution < -0.4 is 0 Å². The Hall–Kier alpha value is -0.980. The maximum Gasteiger partial charge on any atom is 0.0355 e. The minimum absolute atomic E-state index is 0.564. The molecule has 0 aliphatic carbocycles. The van der Waals surface area contributed by atoms with Crippen molar-refractivity contribution in [1.29, 1.82) is 0 Å². The van der Waals surface area contributed by atoms with Crippen LogP contribution in [0, 0.1) is 5.92 Å². The molecule has 16 heavy (non-hydrogen) atoms. The molecule has 1 rings (SSSR count). The van der Waals surface area contributed by atoms with Crippen LogP contribution >= 0.6 is 0 Å². The Morgan fingerprint density at radius 1 is 1.38 bits per heavy atom. The monoisotopic (exact) mass is 219 g/mol. The van der Waals surface area contributed by atoms with Crippen LogP contribution in [0.1, 0.15) is 40.0 Å². The van der Waals surface area contributed by atoms with Gasteiger partial charge in [0.05, 0.1) is 0 Å². The molecule has 0 aromatic heterocycles. The van der Waals surface area contributed by atoms with Gasteiger partial charge in [-0.2, -0.15) is 0 Å². The number of nitrogens with zero attached hydrogens (tertiary/aromatic N) is 1. The summed E-state index contributed by atoms with van der Waals surface area (Å²) in [5.74, 6) is 0.564. The third-order valence-electron chi connectivity index (χ3n) is 3.35. The van der Waals surface area contributed by atoms with E-state index in [1.165, 1.54) is 42.7 Å². The molecule has 0 amide bonds. The molecule has 1 heteroatoms. The third kappa shape index (κ3) is 2.78. The highest BCUT2D eigenvalue weighted by atomic mass is 15.1. The summed E-state index contributed by atoms with van der Waals surface area (Å²) < 4.78 is 0. The van der Waals surface area contributed by atoms with E-state index in [2.05, 4.69) is 45.4 Å². The predicted molar refractivity (Wildman–Crippen MR) is 72.3 cm³/mol. The summed E-state index contributed by atoms with van der Waals surface area (Å²) in [6, 6.07) is 0. The normalized spacial score (nSPS) is 23.6. The van der Waals surface area contributed by atoms with E-state index in [1.807, 2.05) is 6.08 Å². The fourth-order valence-corrected chi connectivity index (χ4v) is 2.52. The van der Waals surface area contributed by atoms with Crippen LogP contribution in [0.2, 0.25) is 0 Å². The highest BCUT2D eigenvalue weighted by molar-refractivity contribution is 5.40.